The van der Waals surface area contributed by atoms with Gasteiger partial charge in [-0.2, -0.15) is 9.50 Å². The molecule has 0 radical (unpaired) electrons. The van der Waals surface area contributed by atoms with E-state index in [1.165, 1.54) is 12.8 Å². The summed E-state index contributed by atoms with van der Waals surface area (Å²) in [5, 5.41) is 12.5. The van der Waals surface area contributed by atoms with Crippen LogP contribution in [0.4, 0.5) is 17.6 Å². The summed E-state index contributed by atoms with van der Waals surface area (Å²) in [5.74, 6) is 2.86. The van der Waals surface area contributed by atoms with Crippen LogP contribution in [-0.4, -0.2) is 69.0 Å². The number of hydrogen-bond donors (Lipinski definition) is 0. The number of anilines is 3. The second kappa shape index (κ2) is 6.64. The maximum Gasteiger partial charge on any atom is 0.227 e. The first-order chi connectivity index (χ1) is 13.3. The number of fused-ring (bicyclic) bond motifs is 1. The molecule has 0 unspecified atom stereocenters. The van der Waals surface area contributed by atoms with Crippen molar-refractivity contribution in [2.45, 2.75) is 19.8 Å². The summed E-state index contributed by atoms with van der Waals surface area (Å²) >= 11 is 0. The predicted molar refractivity (Wildman–Crippen MR) is 103 cm³/mol. The Morgan fingerprint density at radius 2 is 1.56 bits per heavy atom. The van der Waals surface area contributed by atoms with E-state index in [-0.39, 0.29) is 0 Å². The Balaban J connectivity index is 1.31. The van der Waals surface area contributed by atoms with Crippen molar-refractivity contribution < 1.29 is 0 Å². The fourth-order valence-electron chi connectivity index (χ4n) is 3.81. The maximum absolute atomic E-state index is 4.86. The standard InChI is InChI=1S/C18H23N9/c1-14-12-17(24-6-2-3-7-24)21-18(20-14)26-10-8-25(9-11-26)16-5-4-15-22-19-13-27(15)23-16/h4-5,12-13H,2-3,6-11H2,1H3. The zero-order valence-corrected chi connectivity index (χ0v) is 15.5. The normalized spacial score (nSPS) is 17.9. The van der Waals surface area contributed by atoms with Crippen molar-refractivity contribution in [1.29, 1.82) is 0 Å². The molecule has 9 nitrogen and oxygen atoms in total. The minimum absolute atomic E-state index is 0.764. The lowest BCUT2D eigenvalue weighted by Crippen LogP contribution is -2.47. The van der Waals surface area contributed by atoms with Crippen LogP contribution in [-0.2, 0) is 0 Å². The quantitative estimate of drug-likeness (QED) is 0.684. The van der Waals surface area contributed by atoms with E-state index in [1.54, 1.807) is 10.8 Å². The summed E-state index contributed by atoms with van der Waals surface area (Å²) in [6.45, 7) is 7.78. The molecule has 9 heteroatoms. The lowest BCUT2D eigenvalue weighted by atomic mass is 10.3. The highest BCUT2D eigenvalue weighted by molar-refractivity contribution is 5.49. The van der Waals surface area contributed by atoms with E-state index >= 15 is 0 Å². The summed E-state index contributed by atoms with van der Waals surface area (Å²) in [5.41, 5.74) is 1.80. The molecule has 5 rings (SSSR count). The number of aromatic nitrogens is 6. The summed E-state index contributed by atoms with van der Waals surface area (Å²) < 4.78 is 1.72. The molecule has 0 N–H and O–H groups in total. The van der Waals surface area contributed by atoms with Crippen molar-refractivity contribution in [1.82, 2.24) is 29.8 Å². The average Bonchev–Trinajstić information content (AvgIpc) is 3.39. The third kappa shape index (κ3) is 3.13. The fraction of sp³-hybridized carbons (Fsp3) is 0.500. The van der Waals surface area contributed by atoms with Gasteiger partial charge in [0.25, 0.3) is 0 Å². The second-order valence-corrected chi connectivity index (χ2v) is 7.16. The zero-order valence-electron chi connectivity index (χ0n) is 15.5. The molecule has 27 heavy (non-hydrogen) atoms. The molecule has 0 spiro atoms. The largest absolute Gasteiger partial charge is 0.356 e. The van der Waals surface area contributed by atoms with Crippen molar-refractivity contribution in [3.63, 3.8) is 0 Å². The van der Waals surface area contributed by atoms with Crippen molar-refractivity contribution in [3.8, 4) is 0 Å². The van der Waals surface area contributed by atoms with Gasteiger partial charge in [0, 0.05) is 51.0 Å². The fourth-order valence-corrected chi connectivity index (χ4v) is 3.81. The Kier molecular flexibility index (Phi) is 3.99. The Morgan fingerprint density at radius 1 is 0.815 bits per heavy atom. The van der Waals surface area contributed by atoms with E-state index in [2.05, 4.69) is 43.0 Å². The van der Waals surface area contributed by atoms with Crippen LogP contribution in [0.15, 0.2) is 24.5 Å². The van der Waals surface area contributed by atoms with Crippen LogP contribution in [0.3, 0.4) is 0 Å². The molecule has 0 atom stereocenters. The molecule has 0 bridgehead atoms. The Bertz CT molecular complexity index is 939. The topological polar surface area (TPSA) is 78.6 Å². The summed E-state index contributed by atoms with van der Waals surface area (Å²) in [6.07, 6.45) is 4.14. The van der Waals surface area contributed by atoms with E-state index in [4.69, 9.17) is 9.97 Å². The Morgan fingerprint density at radius 3 is 2.37 bits per heavy atom. The molecule has 2 aliphatic heterocycles. The molecule has 0 amide bonds. The highest BCUT2D eigenvalue weighted by atomic mass is 15.4. The van der Waals surface area contributed by atoms with E-state index in [0.717, 1.165) is 68.2 Å². The van der Waals surface area contributed by atoms with Gasteiger partial charge in [-0.05, 0) is 31.9 Å². The smallest absolute Gasteiger partial charge is 0.227 e. The van der Waals surface area contributed by atoms with Gasteiger partial charge in [0.05, 0.1) is 0 Å². The lowest BCUT2D eigenvalue weighted by molar-refractivity contribution is 0.628. The molecular weight excluding hydrogens is 342 g/mol. The van der Waals surface area contributed by atoms with Crippen LogP contribution in [0.5, 0.6) is 0 Å². The van der Waals surface area contributed by atoms with Crippen LogP contribution < -0.4 is 14.7 Å². The lowest BCUT2D eigenvalue weighted by Gasteiger charge is -2.35. The van der Waals surface area contributed by atoms with Gasteiger partial charge >= 0.3 is 0 Å². The van der Waals surface area contributed by atoms with Gasteiger partial charge in [-0.3, -0.25) is 0 Å². The van der Waals surface area contributed by atoms with Crippen molar-refractivity contribution >= 4 is 23.2 Å². The molecule has 0 saturated carbocycles. The molecule has 5 heterocycles. The van der Waals surface area contributed by atoms with Crippen molar-refractivity contribution in [3.05, 3.63) is 30.2 Å². The number of piperazine rings is 1. The first-order valence-electron chi connectivity index (χ1n) is 9.54. The molecule has 140 valence electrons. The zero-order chi connectivity index (χ0) is 18.2. The van der Waals surface area contributed by atoms with E-state index < -0.39 is 0 Å². The van der Waals surface area contributed by atoms with Gasteiger partial charge in [0.2, 0.25) is 5.95 Å². The summed E-state index contributed by atoms with van der Waals surface area (Å²) in [6, 6.07) is 6.06. The SMILES string of the molecule is Cc1cc(N2CCCC2)nc(N2CCN(c3ccc4nncn4n3)CC2)n1. The highest BCUT2D eigenvalue weighted by Crippen LogP contribution is 2.23. The minimum Gasteiger partial charge on any atom is -0.356 e. The van der Waals surface area contributed by atoms with Crippen LogP contribution >= 0.6 is 0 Å². The predicted octanol–water partition coefficient (Wildman–Crippen LogP) is 1.15. The van der Waals surface area contributed by atoms with Crippen molar-refractivity contribution in [2.75, 3.05) is 54.0 Å². The van der Waals surface area contributed by atoms with Gasteiger partial charge in [0.15, 0.2) is 5.65 Å². The van der Waals surface area contributed by atoms with E-state index in [0.29, 0.717) is 0 Å². The van der Waals surface area contributed by atoms with E-state index in [1.807, 2.05) is 12.1 Å². The van der Waals surface area contributed by atoms with Gasteiger partial charge < -0.3 is 14.7 Å². The number of rotatable bonds is 3. The van der Waals surface area contributed by atoms with Gasteiger partial charge in [0.1, 0.15) is 18.0 Å². The van der Waals surface area contributed by atoms with Crippen LogP contribution in [0.1, 0.15) is 18.5 Å². The molecular formula is C18H23N9. The van der Waals surface area contributed by atoms with Crippen molar-refractivity contribution in [2.24, 2.45) is 0 Å². The van der Waals surface area contributed by atoms with E-state index in [9.17, 15) is 0 Å². The number of hydrogen-bond acceptors (Lipinski definition) is 8. The number of nitrogens with zero attached hydrogens (tertiary/aromatic N) is 9. The molecule has 3 aromatic heterocycles. The van der Waals surface area contributed by atoms with Crippen LogP contribution in [0.2, 0.25) is 0 Å². The third-order valence-electron chi connectivity index (χ3n) is 5.29. The first-order valence-corrected chi connectivity index (χ1v) is 9.54. The monoisotopic (exact) mass is 365 g/mol. The minimum atomic E-state index is 0.764. The highest BCUT2D eigenvalue weighted by Gasteiger charge is 2.22. The molecule has 0 aromatic carbocycles. The van der Waals surface area contributed by atoms with Crippen LogP contribution in [0, 0.1) is 6.92 Å². The van der Waals surface area contributed by atoms with Gasteiger partial charge in [-0.25, -0.2) is 4.98 Å². The molecule has 3 aromatic rings. The van der Waals surface area contributed by atoms with Crippen LogP contribution in [0.25, 0.3) is 5.65 Å². The first kappa shape index (κ1) is 16.2. The van der Waals surface area contributed by atoms with Gasteiger partial charge in [-0.15, -0.1) is 15.3 Å². The van der Waals surface area contributed by atoms with Gasteiger partial charge in [-0.1, -0.05) is 0 Å². The molecule has 0 aliphatic carbocycles. The maximum atomic E-state index is 4.86. The Hall–Kier alpha value is -2.97. The Labute approximate surface area is 157 Å². The molecule has 2 saturated heterocycles. The molecule has 2 aliphatic rings. The number of aryl methyl sites for hydroxylation is 1. The molecule has 2 fully saturated rings. The summed E-state index contributed by atoms with van der Waals surface area (Å²) in [7, 11) is 0. The second-order valence-electron chi connectivity index (χ2n) is 7.16. The third-order valence-corrected chi connectivity index (χ3v) is 5.29. The summed E-state index contributed by atoms with van der Waals surface area (Å²) in [4.78, 5) is 16.5. The average molecular weight is 365 g/mol.